The van der Waals surface area contributed by atoms with Crippen molar-refractivity contribution >= 4 is 33.3 Å². The van der Waals surface area contributed by atoms with Crippen LogP contribution in [0.5, 0.6) is 0 Å². The number of anilines is 1. The summed E-state index contributed by atoms with van der Waals surface area (Å²) in [6.07, 6.45) is 1.62. The summed E-state index contributed by atoms with van der Waals surface area (Å²) in [5.74, 6) is 0.701. The lowest BCUT2D eigenvalue weighted by Crippen LogP contribution is -2.45. The molecule has 1 aliphatic heterocycles. The zero-order valence-corrected chi connectivity index (χ0v) is 12.5. The van der Waals surface area contributed by atoms with E-state index in [4.69, 9.17) is 16.3 Å². The van der Waals surface area contributed by atoms with Gasteiger partial charge in [-0.3, -0.25) is 4.90 Å². The van der Waals surface area contributed by atoms with Gasteiger partial charge in [0.25, 0.3) is 0 Å². The van der Waals surface area contributed by atoms with Gasteiger partial charge in [-0.2, -0.15) is 0 Å². The first-order chi connectivity index (χ1) is 8.70. The third-order valence-electron chi connectivity index (χ3n) is 2.91. The number of hydrogen-bond donors (Lipinski definition) is 1. The van der Waals surface area contributed by atoms with Crippen LogP contribution >= 0.6 is 27.5 Å². The van der Waals surface area contributed by atoms with Crippen LogP contribution in [0, 0.1) is 0 Å². The summed E-state index contributed by atoms with van der Waals surface area (Å²) in [7, 11) is 0. The predicted molar refractivity (Wildman–Crippen MR) is 75.1 cm³/mol. The molecule has 2 heterocycles. The molecule has 1 aromatic heterocycles. The Bertz CT molecular complexity index is 407. The van der Waals surface area contributed by atoms with Crippen LogP contribution in [0.25, 0.3) is 0 Å². The molecule has 0 aromatic carbocycles. The van der Waals surface area contributed by atoms with Crippen LogP contribution < -0.4 is 5.32 Å². The molecule has 0 radical (unpaired) electrons. The Kier molecular flexibility index (Phi) is 5.17. The van der Waals surface area contributed by atoms with Gasteiger partial charge >= 0.3 is 0 Å². The zero-order valence-electron chi connectivity index (χ0n) is 10.2. The lowest BCUT2D eigenvalue weighted by atomic mass is 10.2. The topological polar surface area (TPSA) is 50.3 Å². The molecule has 0 amide bonds. The van der Waals surface area contributed by atoms with Crippen LogP contribution in [-0.2, 0) is 4.74 Å². The second-order valence-electron chi connectivity index (χ2n) is 4.09. The van der Waals surface area contributed by atoms with Crippen LogP contribution in [0.3, 0.4) is 0 Å². The van der Waals surface area contributed by atoms with E-state index in [2.05, 4.69) is 43.0 Å². The minimum Gasteiger partial charge on any atom is -0.374 e. The summed E-state index contributed by atoms with van der Waals surface area (Å²) in [5, 5.41) is 3.64. The summed E-state index contributed by atoms with van der Waals surface area (Å²) in [4.78, 5) is 10.4. The molecule has 0 aliphatic carbocycles. The molecule has 1 saturated heterocycles. The number of rotatable bonds is 4. The summed E-state index contributed by atoms with van der Waals surface area (Å²) in [5.41, 5.74) is 0. The smallest absolute Gasteiger partial charge is 0.148 e. The molecular formula is C11H16BrClN4O. The third-order valence-corrected chi connectivity index (χ3v) is 4.18. The molecule has 1 fully saturated rings. The second kappa shape index (κ2) is 6.65. The van der Waals surface area contributed by atoms with Crippen LogP contribution in [0.15, 0.2) is 10.8 Å². The molecular weight excluding hydrogens is 320 g/mol. The first kappa shape index (κ1) is 14.0. The summed E-state index contributed by atoms with van der Waals surface area (Å²) >= 11 is 9.26. The van der Waals surface area contributed by atoms with Gasteiger partial charge in [0.2, 0.25) is 0 Å². The highest BCUT2D eigenvalue weighted by molar-refractivity contribution is 9.10. The van der Waals surface area contributed by atoms with Gasteiger partial charge < -0.3 is 10.1 Å². The molecule has 0 spiro atoms. The fourth-order valence-corrected chi connectivity index (χ4v) is 2.35. The number of nitrogens with zero attached hydrogens (tertiary/aromatic N) is 3. The van der Waals surface area contributed by atoms with Crippen molar-refractivity contribution in [3.05, 3.63) is 16.0 Å². The maximum absolute atomic E-state index is 5.90. The fourth-order valence-electron chi connectivity index (χ4n) is 1.87. The minimum atomic E-state index is 0.180. The SMILES string of the molecule is CCN1CCOC(CNc2ncnc(Cl)c2Br)C1. The van der Waals surface area contributed by atoms with Crippen molar-refractivity contribution in [2.75, 3.05) is 38.1 Å². The van der Waals surface area contributed by atoms with E-state index in [1.54, 1.807) is 0 Å². The highest BCUT2D eigenvalue weighted by atomic mass is 79.9. The number of aromatic nitrogens is 2. The highest BCUT2D eigenvalue weighted by Gasteiger charge is 2.19. The summed E-state index contributed by atoms with van der Waals surface area (Å²) < 4.78 is 6.40. The Labute approximate surface area is 120 Å². The second-order valence-corrected chi connectivity index (χ2v) is 5.25. The average Bonchev–Trinajstić information content (AvgIpc) is 2.41. The molecule has 0 bridgehead atoms. The number of ether oxygens (including phenoxy) is 1. The Morgan fingerprint density at radius 2 is 2.44 bits per heavy atom. The predicted octanol–water partition coefficient (Wildman–Crippen LogP) is 2.03. The molecule has 0 saturated carbocycles. The monoisotopic (exact) mass is 334 g/mol. The van der Waals surface area contributed by atoms with E-state index in [1.165, 1.54) is 6.33 Å². The molecule has 1 unspecified atom stereocenters. The number of nitrogens with one attached hydrogen (secondary N) is 1. The third kappa shape index (κ3) is 3.54. The molecule has 1 aliphatic rings. The van der Waals surface area contributed by atoms with Gasteiger partial charge in [-0.1, -0.05) is 18.5 Å². The highest BCUT2D eigenvalue weighted by Crippen LogP contribution is 2.26. The van der Waals surface area contributed by atoms with Crippen molar-refractivity contribution < 1.29 is 4.74 Å². The average molecular weight is 336 g/mol. The minimum absolute atomic E-state index is 0.180. The first-order valence-electron chi connectivity index (χ1n) is 5.94. The maximum atomic E-state index is 5.90. The molecule has 2 rings (SSSR count). The maximum Gasteiger partial charge on any atom is 0.148 e. The van der Waals surface area contributed by atoms with Gasteiger partial charge in [0.05, 0.1) is 17.2 Å². The van der Waals surface area contributed by atoms with Crippen molar-refractivity contribution in [1.82, 2.24) is 14.9 Å². The van der Waals surface area contributed by atoms with Crippen molar-refractivity contribution in [2.24, 2.45) is 0 Å². The van der Waals surface area contributed by atoms with E-state index < -0.39 is 0 Å². The lowest BCUT2D eigenvalue weighted by Gasteiger charge is -2.32. The van der Waals surface area contributed by atoms with Crippen molar-refractivity contribution in [3.63, 3.8) is 0 Å². The largest absolute Gasteiger partial charge is 0.374 e. The van der Waals surface area contributed by atoms with E-state index in [0.717, 1.165) is 26.2 Å². The van der Waals surface area contributed by atoms with Crippen LogP contribution in [0.2, 0.25) is 5.15 Å². The number of morpholine rings is 1. The lowest BCUT2D eigenvalue weighted by molar-refractivity contribution is -0.0192. The number of halogens is 2. The van der Waals surface area contributed by atoms with Gasteiger partial charge in [-0.15, -0.1) is 0 Å². The van der Waals surface area contributed by atoms with E-state index >= 15 is 0 Å². The van der Waals surface area contributed by atoms with E-state index in [9.17, 15) is 0 Å². The Hall–Kier alpha value is -0.430. The normalized spacial score (nSPS) is 20.9. The van der Waals surface area contributed by atoms with Gasteiger partial charge in [0, 0.05) is 19.6 Å². The van der Waals surface area contributed by atoms with E-state index in [-0.39, 0.29) is 6.10 Å². The van der Waals surface area contributed by atoms with E-state index in [1.807, 2.05) is 0 Å². The summed E-state index contributed by atoms with van der Waals surface area (Å²) in [6, 6.07) is 0. The fraction of sp³-hybridized carbons (Fsp3) is 0.636. The summed E-state index contributed by atoms with van der Waals surface area (Å²) in [6.45, 7) is 6.67. The van der Waals surface area contributed by atoms with Crippen LogP contribution in [-0.4, -0.2) is 53.8 Å². The zero-order chi connectivity index (χ0) is 13.0. The standard InChI is InChI=1S/C11H16BrClN4O/c1-2-17-3-4-18-8(6-17)5-14-11-9(12)10(13)15-7-16-11/h7-8H,2-6H2,1H3,(H,14,15,16). The Balaban J connectivity index is 1.89. The number of likely N-dealkylation sites (N-methyl/N-ethyl adjacent to an activating group) is 1. The molecule has 5 nitrogen and oxygen atoms in total. The van der Waals surface area contributed by atoms with Crippen molar-refractivity contribution in [2.45, 2.75) is 13.0 Å². The molecule has 100 valence electrons. The van der Waals surface area contributed by atoms with Crippen LogP contribution in [0.4, 0.5) is 5.82 Å². The van der Waals surface area contributed by atoms with Gasteiger partial charge in [-0.05, 0) is 22.5 Å². The number of hydrogen-bond acceptors (Lipinski definition) is 5. The molecule has 1 N–H and O–H groups in total. The van der Waals surface area contributed by atoms with Crippen molar-refractivity contribution in [1.29, 1.82) is 0 Å². The molecule has 18 heavy (non-hydrogen) atoms. The van der Waals surface area contributed by atoms with Gasteiger partial charge in [-0.25, -0.2) is 9.97 Å². The van der Waals surface area contributed by atoms with Crippen molar-refractivity contribution in [3.8, 4) is 0 Å². The molecule has 7 heteroatoms. The van der Waals surface area contributed by atoms with Gasteiger partial charge in [0.1, 0.15) is 17.3 Å². The molecule has 1 aromatic rings. The Morgan fingerprint density at radius 1 is 1.61 bits per heavy atom. The van der Waals surface area contributed by atoms with Gasteiger partial charge in [0.15, 0.2) is 0 Å². The van der Waals surface area contributed by atoms with Crippen LogP contribution in [0.1, 0.15) is 6.92 Å². The quantitative estimate of drug-likeness (QED) is 0.853. The van der Waals surface area contributed by atoms with E-state index in [0.29, 0.717) is 22.0 Å². The molecule has 1 atom stereocenters. The Morgan fingerprint density at radius 3 is 3.22 bits per heavy atom. The first-order valence-corrected chi connectivity index (χ1v) is 7.11.